The van der Waals surface area contributed by atoms with Gasteiger partial charge >= 0.3 is 6.03 Å². The van der Waals surface area contributed by atoms with Crippen LogP contribution in [0.15, 0.2) is 18.7 Å². The van der Waals surface area contributed by atoms with Crippen LogP contribution in [0.5, 0.6) is 0 Å². The number of aromatic nitrogens is 2. The van der Waals surface area contributed by atoms with Crippen molar-refractivity contribution in [3.63, 3.8) is 0 Å². The molecule has 0 unspecified atom stereocenters. The molecular formula is C14H24IN3O. The molecule has 0 saturated carbocycles. The number of likely N-dealkylation sites (tertiary alicyclic amines) is 1. The van der Waals surface area contributed by atoms with Crippen LogP contribution in [0, 0.1) is 5.41 Å². The first-order chi connectivity index (χ1) is 8.60. The number of hydrogen-bond acceptors (Lipinski definition) is 1. The highest BCUT2D eigenvalue weighted by atomic mass is 127. The molecule has 4 nitrogen and oxygen atoms in total. The fraction of sp³-hybridized carbons (Fsp3) is 0.714. The first-order valence-electron chi connectivity index (χ1n) is 6.93. The van der Waals surface area contributed by atoms with Crippen LogP contribution in [0.4, 0.5) is 4.79 Å². The molecule has 1 aromatic rings. The smallest absolute Gasteiger partial charge is 0.415 e. The van der Waals surface area contributed by atoms with E-state index in [9.17, 15) is 4.79 Å². The van der Waals surface area contributed by atoms with Crippen molar-refractivity contribution in [1.29, 1.82) is 0 Å². The van der Waals surface area contributed by atoms with Crippen LogP contribution < -0.4 is 28.5 Å². The minimum atomic E-state index is 0. The van der Waals surface area contributed by atoms with E-state index in [0.717, 1.165) is 25.9 Å². The van der Waals surface area contributed by atoms with E-state index in [0.29, 0.717) is 5.41 Å². The molecule has 2 heterocycles. The highest BCUT2D eigenvalue weighted by molar-refractivity contribution is 5.76. The van der Waals surface area contributed by atoms with Gasteiger partial charge in [0.15, 0.2) is 0 Å². The zero-order valence-electron chi connectivity index (χ0n) is 12.1. The number of amides is 1. The second-order valence-electron chi connectivity index (χ2n) is 5.46. The monoisotopic (exact) mass is 377 g/mol. The molecule has 0 radical (unpaired) electrons. The maximum Gasteiger partial charge on any atom is 0.415 e. The Labute approximate surface area is 132 Å². The molecular weight excluding hydrogens is 353 g/mol. The van der Waals surface area contributed by atoms with Gasteiger partial charge in [0.25, 0.3) is 6.33 Å². The number of carbonyl (C=O) groups excluding carboxylic acids is 1. The summed E-state index contributed by atoms with van der Waals surface area (Å²) in [4.78, 5) is 14.3. The number of aryl methyl sites for hydroxylation is 1. The summed E-state index contributed by atoms with van der Waals surface area (Å²) < 4.78 is 3.56. The van der Waals surface area contributed by atoms with Gasteiger partial charge in [-0.15, -0.1) is 0 Å². The third-order valence-corrected chi connectivity index (χ3v) is 4.58. The molecule has 1 fully saturated rings. The summed E-state index contributed by atoms with van der Waals surface area (Å²) >= 11 is 0. The Morgan fingerprint density at radius 3 is 2.26 bits per heavy atom. The fourth-order valence-electron chi connectivity index (χ4n) is 2.86. The van der Waals surface area contributed by atoms with Crippen molar-refractivity contribution in [3.05, 3.63) is 18.7 Å². The van der Waals surface area contributed by atoms with Gasteiger partial charge in [0, 0.05) is 13.1 Å². The van der Waals surface area contributed by atoms with Gasteiger partial charge in [-0.2, -0.15) is 4.57 Å². The average molecular weight is 377 g/mol. The van der Waals surface area contributed by atoms with Gasteiger partial charge in [-0.25, -0.2) is 9.36 Å². The van der Waals surface area contributed by atoms with Crippen LogP contribution >= 0.6 is 0 Å². The number of imidazole rings is 1. The lowest BCUT2D eigenvalue weighted by Crippen LogP contribution is -3.00. The third-order valence-electron chi connectivity index (χ3n) is 4.58. The molecule has 108 valence electrons. The Hall–Kier alpha value is -0.590. The minimum absolute atomic E-state index is 0. The van der Waals surface area contributed by atoms with Crippen LogP contribution in [-0.4, -0.2) is 28.6 Å². The topological polar surface area (TPSA) is 29.1 Å². The Morgan fingerprint density at radius 2 is 1.84 bits per heavy atom. The van der Waals surface area contributed by atoms with Gasteiger partial charge in [0.1, 0.15) is 12.4 Å². The molecule has 1 aliphatic heterocycles. The maximum atomic E-state index is 12.3. The van der Waals surface area contributed by atoms with E-state index in [2.05, 4.69) is 13.8 Å². The van der Waals surface area contributed by atoms with E-state index < -0.39 is 0 Å². The standard InChI is InChI=1S/C14H24N3O.HI/c1-4-14(5-2)6-8-16(9-7-14)13(18)17-11-10-15(3)12-17;/h10-12H,4-9H2,1-3H3;1H/q+1;/p-1. The molecule has 1 amide bonds. The highest BCUT2D eigenvalue weighted by Gasteiger charge is 2.34. The lowest BCUT2D eigenvalue weighted by Gasteiger charge is -2.40. The minimum Gasteiger partial charge on any atom is -1.00 e. The first kappa shape index (κ1) is 16.5. The van der Waals surface area contributed by atoms with E-state index in [1.54, 1.807) is 4.57 Å². The van der Waals surface area contributed by atoms with E-state index in [-0.39, 0.29) is 30.0 Å². The van der Waals surface area contributed by atoms with Crippen molar-refractivity contribution in [2.45, 2.75) is 39.5 Å². The lowest BCUT2D eigenvalue weighted by molar-refractivity contribution is -0.670. The average Bonchev–Trinajstić information content (AvgIpc) is 2.85. The van der Waals surface area contributed by atoms with E-state index in [1.807, 2.05) is 35.2 Å². The SMILES string of the molecule is CCC1(CC)CCN(C(=O)n2cc[n+](C)c2)CC1.[I-]. The number of halogens is 1. The fourth-order valence-corrected chi connectivity index (χ4v) is 2.86. The van der Waals surface area contributed by atoms with E-state index in [1.165, 1.54) is 12.8 Å². The molecule has 0 aliphatic carbocycles. The summed E-state index contributed by atoms with van der Waals surface area (Å²) in [5.41, 5.74) is 0.470. The van der Waals surface area contributed by atoms with Crippen molar-refractivity contribution in [1.82, 2.24) is 9.47 Å². The van der Waals surface area contributed by atoms with Crippen LogP contribution in [0.3, 0.4) is 0 Å². The van der Waals surface area contributed by atoms with Crippen LogP contribution in [-0.2, 0) is 7.05 Å². The Bertz CT molecular complexity index is 416. The molecule has 0 N–H and O–H groups in total. The number of nitrogens with zero attached hydrogens (tertiary/aromatic N) is 3. The quantitative estimate of drug-likeness (QED) is 0.490. The van der Waals surface area contributed by atoms with Crippen molar-refractivity contribution in [2.75, 3.05) is 13.1 Å². The summed E-state index contributed by atoms with van der Waals surface area (Å²) in [6.45, 7) is 6.32. The third kappa shape index (κ3) is 3.49. The van der Waals surface area contributed by atoms with Crippen molar-refractivity contribution in [2.24, 2.45) is 12.5 Å². The summed E-state index contributed by atoms with van der Waals surface area (Å²) in [6, 6.07) is 0.108. The predicted molar refractivity (Wildman–Crippen MR) is 70.2 cm³/mol. The Morgan fingerprint density at radius 1 is 1.26 bits per heavy atom. The van der Waals surface area contributed by atoms with Crippen LogP contribution in [0.2, 0.25) is 0 Å². The largest absolute Gasteiger partial charge is 1.00 e. The molecule has 19 heavy (non-hydrogen) atoms. The van der Waals surface area contributed by atoms with Gasteiger partial charge in [-0.3, -0.25) is 0 Å². The zero-order chi connectivity index (χ0) is 13.2. The van der Waals surface area contributed by atoms with Gasteiger partial charge < -0.3 is 28.9 Å². The van der Waals surface area contributed by atoms with Crippen LogP contribution in [0.25, 0.3) is 0 Å². The normalized spacial score (nSPS) is 17.9. The number of rotatable bonds is 2. The molecule has 1 aromatic heterocycles. The second kappa shape index (κ2) is 6.72. The van der Waals surface area contributed by atoms with Gasteiger partial charge in [-0.1, -0.05) is 26.7 Å². The van der Waals surface area contributed by atoms with Gasteiger partial charge in [0.2, 0.25) is 0 Å². The van der Waals surface area contributed by atoms with Crippen molar-refractivity contribution < 1.29 is 33.3 Å². The summed E-state index contributed by atoms with van der Waals surface area (Å²) in [5, 5.41) is 0. The van der Waals surface area contributed by atoms with E-state index in [4.69, 9.17) is 0 Å². The summed E-state index contributed by atoms with van der Waals surface area (Å²) in [7, 11) is 1.93. The van der Waals surface area contributed by atoms with Gasteiger partial charge in [0.05, 0.1) is 7.05 Å². The number of carbonyl (C=O) groups is 1. The first-order valence-corrected chi connectivity index (χ1v) is 6.93. The Kier molecular flexibility index (Phi) is 5.82. The Balaban J connectivity index is 0.00000180. The number of piperidine rings is 1. The molecule has 5 heteroatoms. The number of hydrogen-bond donors (Lipinski definition) is 0. The molecule has 0 aromatic carbocycles. The maximum absolute atomic E-state index is 12.3. The molecule has 1 aliphatic rings. The molecule has 0 atom stereocenters. The molecule has 0 bridgehead atoms. The highest BCUT2D eigenvalue weighted by Crippen LogP contribution is 2.37. The molecule has 2 rings (SSSR count). The van der Waals surface area contributed by atoms with Gasteiger partial charge in [-0.05, 0) is 18.3 Å². The van der Waals surface area contributed by atoms with Crippen molar-refractivity contribution >= 4 is 6.03 Å². The van der Waals surface area contributed by atoms with E-state index >= 15 is 0 Å². The zero-order valence-corrected chi connectivity index (χ0v) is 14.3. The summed E-state index contributed by atoms with van der Waals surface area (Å²) in [5.74, 6) is 0. The predicted octanol–water partition coefficient (Wildman–Crippen LogP) is -0.813. The van der Waals surface area contributed by atoms with Crippen molar-refractivity contribution in [3.8, 4) is 0 Å². The lowest BCUT2D eigenvalue weighted by atomic mass is 9.74. The molecule has 1 saturated heterocycles. The molecule has 0 spiro atoms. The second-order valence-corrected chi connectivity index (χ2v) is 5.46. The summed E-state index contributed by atoms with van der Waals surface area (Å²) in [6.07, 6.45) is 10.3. The van der Waals surface area contributed by atoms with Crippen LogP contribution in [0.1, 0.15) is 39.5 Å².